The molecule has 117 heavy (non-hydrogen) atoms. The number of hydrogen-bond donors (Lipinski definition) is 0. The van der Waals surface area contributed by atoms with Gasteiger partial charge in [0.1, 0.15) is 23.2 Å². The van der Waals surface area contributed by atoms with E-state index in [1.165, 1.54) is 99.0 Å². The summed E-state index contributed by atoms with van der Waals surface area (Å²) < 4.78 is 45.9. The minimum Gasteiger partial charge on any atom is -0.496 e. The number of ether oxygens (including phenoxy) is 1. The van der Waals surface area contributed by atoms with Gasteiger partial charge in [0.25, 0.3) is 0 Å². The number of thiazole rings is 1. The van der Waals surface area contributed by atoms with E-state index in [0.29, 0.717) is 94.7 Å². The average molecular weight is 1640 g/mol. The quantitative estimate of drug-likeness (QED) is 0.0805. The van der Waals surface area contributed by atoms with Crippen molar-refractivity contribution in [2.24, 2.45) is 0 Å². The Morgan fingerprint density at radius 3 is 0.983 bits per heavy atom. The average Bonchev–Trinajstić information content (AvgIpc) is 1.63. The molecule has 0 fully saturated rings. The van der Waals surface area contributed by atoms with Gasteiger partial charge in [-0.05, 0) is 283 Å². The highest BCUT2D eigenvalue weighted by Crippen LogP contribution is 2.35. The fraction of sp³-hybridized carbons (Fsp3) is 0.555. The van der Waals surface area contributed by atoms with Gasteiger partial charge < -0.3 is 4.74 Å². The van der Waals surface area contributed by atoms with Crippen LogP contribution in [0.25, 0.3) is 0 Å². The number of methoxy groups -OCH3 is 1. The fourth-order valence-electron chi connectivity index (χ4n) is 13.2. The Labute approximate surface area is 726 Å². The lowest BCUT2D eigenvalue weighted by atomic mass is 9.89. The van der Waals surface area contributed by atoms with Crippen molar-refractivity contribution >= 4 is 22.7 Å². The third kappa shape index (κ3) is 37.1. The van der Waals surface area contributed by atoms with Gasteiger partial charge in [-0.25, -0.2) is 18.2 Å². The van der Waals surface area contributed by atoms with Crippen molar-refractivity contribution < 1.29 is 17.9 Å². The first-order valence-electron chi connectivity index (χ1n) is 44.6. The van der Waals surface area contributed by atoms with Crippen molar-refractivity contribution in [3.05, 3.63) is 276 Å². The zero-order valence-corrected chi connectivity index (χ0v) is 84.0. The zero-order valence-electron chi connectivity index (χ0n) is 82.3. The molecule has 9 rings (SSSR count). The second-order valence-corrected chi connectivity index (χ2v) is 40.1. The largest absolute Gasteiger partial charge is 0.496 e. The molecule has 0 unspecified atom stereocenters. The van der Waals surface area contributed by atoms with Crippen LogP contribution in [0.2, 0.25) is 0 Å². The minimum absolute atomic E-state index is 0.0376. The van der Waals surface area contributed by atoms with Crippen LogP contribution in [0.5, 0.6) is 5.75 Å². The lowest BCUT2D eigenvalue weighted by molar-refractivity contribution is 0.407. The van der Waals surface area contributed by atoms with E-state index >= 15 is 0 Å². The minimum atomic E-state index is -0.0839. The number of hydrogen-bond acceptors (Lipinski definition) is 4. The molecule has 2 aromatic heterocycles. The van der Waals surface area contributed by atoms with Crippen molar-refractivity contribution in [3.8, 4) is 5.75 Å². The monoisotopic (exact) mass is 1640 g/mol. The first kappa shape index (κ1) is 108. The number of rotatable bonds is 19. The van der Waals surface area contributed by atoms with Crippen LogP contribution < -0.4 is 4.74 Å². The van der Waals surface area contributed by atoms with Gasteiger partial charge in [0, 0.05) is 16.2 Å². The number of nitrogens with zero attached hydrogens (tertiary/aromatic N) is 1. The molecule has 7 aromatic carbocycles. The molecule has 0 bridgehead atoms. The van der Waals surface area contributed by atoms with E-state index in [4.69, 9.17) is 4.74 Å². The Balaban J connectivity index is 0.000000659. The van der Waals surface area contributed by atoms with E-state index in [1.54, 1.807) is 30.6 Å². The Morgan fingerprint density at radius 1 is 0.256 bits per heavy atom. The van der Waals surface area contributed by atoms with Gasteiger partial charge >= 0.3 is 0 Å². The molecule has 0 aliphatic heterocycles. The number of halogens is 3. The molecule has 0 radical (unpaired) electrons. The summed E-state index contributed by atoms with van der Waals surface area (Å²) in [6.07, 6.45) is 0. The molecule has 0 atom stereocenters. The van der Waals surface area contributed by atoms with E-state index in [-0.39, 0.29) is 29.3 Å². The van der Waals surface area contributed by atoms with E-state index in [1.807, 2.05) is 77.1 Å². The van der Waals surface area contributed by atoms with Crippen molar-refractivity contribution in [1.82, 2.24) is 4.98 Å². The summed E-state index contributed by atoms with van der Waals surface area (Å²) in [4.78, 5) is 6.04. The van der Waals surface area contributed by atoms with Gasteiger partial charge in [0.05, 0.1) is 17.8 Å². The highest BCUT2D eigenvalue weighted by Gasteiger charge is 2.18. The lowest BCUT2D eigenvalue weighted by Gasteiger charge is -2.16. The summed E-state index contributed by atoms with van der Waals surface area (Å²) >= 11 is 3.66. The Morgan fingerprint density at radius 2 is 0.624 bits per heavy atom. The van der Waals surface area contributed by atoms with Gasteiger partial charge in [0.15, 0.2) is 0 Å². The normalized spacial score (nSPS) is 11.4. The second-order valence-electron chi connectivity index (χ2n) is 38.3. The molecule has 0 saturated carbocycles. The van der Waals surface area contributed by atoms with E-state index in [9.17, 15) is 13.2 Å². The van der Waals surface area contributed by atoms with Gasteiger partial charge in [-0.3, -0.25) is 0 Å². The van der Waals surface area contributed by atoms with E-state index in [2.05, 4.69) is 344 Å². The predicted molar refractivity (Wildman–Crippen MR) is 520 cm³/mol. The number of thiophene rings is 1. The molecule has 0 amide bonds. The molecule has 0 aliphatic carbocycles. The first-order valence-corrected chi connectivity index (χ1v) is 46.3. The Bertz CT molecular complexity index is 4040. The molecule has 0 aliphatic rings. The maximum Gasteiger partial charge on any atom is 0.129 e. The molecule has 2 nitrogen and oxygen atoms in total. The number of aromatic nitrogens is 1. The van der Waals surface area contributed by atoms with Gasteiger partial charge in [-0.15, -0.1) is 22.7 Å². The maximum atomic E-state index is 13.7. The molecule has 0 saturated heterocycles. The highest BCUT2D eigenvalue weighted by molar-refractivity contribution is 7.10. The topological polar surface area (TPSA) is 22.1 Å². The van der Waals surface area contributed by atoms with Crippen LogP contribution >= 0.6 is 22.7 Å². The molecule has 0 N–H and O–H groups in total. The van der Waals surface area contributed by atoms with Crippen molar-refractivity contribution in [2.75, 3.05) is 7.11 Å². The Hall–Kier alpha value is -6.54. The van der Waals surface area contributed by atoms with Crippen molar-refractivity contribution in [2.45, 2.75) is 397 Å². The van der Waals surface area contributed by atoms with Crippen molar-refractivity contribution in [1.29, 1.82) is 0 Å². The SMILES string of the molecule is CC(C)c1ccc(F)c(C(C)C)c1.CC(C)c1csc(C(C)C)c1.CC(C)c1csc(C(C)C)n1.COc1ccc(C(C)C)cc1C(C)C.Cc1c(F)cc(C(C)C)cc1C(C)C.Cc1cc(C(C)C)cc(C(C)C)c1.Cc1cc(C(C)C)cc(C(C)C)c1F.Cc1cc(C)c(C(C)C)cc1C(C)C.Cc1ccc(C(C)C)cc1C(C)C. The summed E-state index contributed by atoms with van der Waals surface area (Å²) in [5.74, 6) is 10.5. The van der Waals surface area contributed by atoms with Crippen LogP contribution in [0.1, 0.15) is 488 Å². The predicted octanol–water partition coefficient (Wildman–Crippen LogP) is 37.2. The summed E-state index contributed by atoms with van der Waals surface area (Å²) in [5.41, 5.74) is 27.8. The molecular formula is C110H168F3NOS2. The van der Waals surface area contributed by atoms with E-state index in [0.717, 1.165) is 39.1 Å². The molecular weight excluding hydrogens is 1470 g/mol. The van der Waals surface area contributed by atoms with Crippen LogP contribution in [-0.4, -0.2) is 12.1 Å². The van der Waals surface area contributed by atoms with Crippen LogP contribution in [0.4, 0.5) is 13.2 Å². The van der Waals surface area contributed by atoms with E-state index < -0.39 is 0 Å². The summed E-state index contributed by atoms with van der Waals surface area (Å²) in [6.45, 7) is 91.1. The summed E-state index contributed by atoms with van der Waals surface area (Å²) in [6, 6.07) is 40.4. The molecule has 652 valence electrons. The van der Waals surface area contributed by atoms with Crippen LogP contribution in [-0.2, 0) is 0 Å². The Kier molecular flexibility index (Phi) is 48.8. The van der Waals surface area contributed by atoms with Gasteiger partial charge in [-0.1, -0.05) is 346 Å². The number of aryl methyl sites for hydroxylation is 5. The zero-order chi connectivity index (χ0) is 90.2. The maximum absolute atomic E-state index is 13.7. The van der Waals surface area contributed by atoms with Crippen LogP contribution in [0, 0.1) is 59.0 Å². The third-order valence-electron chi connectivity index (χ3n) is 21.6. The van der Waals surface area contributed by atoms with Crippen LogP contribution in [0.15, 0.2) is 126 Å². The molecule has 7 heteroatoms. The third-order valence-corrected chi connectivity index (χ3v) is 24.0. The number of benzene rings is 7. The van der Waals surface area contributed by atoms with Gasteiger partial charge in [-0.2, -0.15) is 0 Å². The van der Waals surface area contributed by atoms with Gasteiger partial charge in [0.2, 0.25) is 0 Å². The standard InChI is InChI=1S/C14H22.2C13H19F.C13H20O.2C13H20.C12H17F.C10H16S.C9H15NS/c1-9(2)13-8-14(10(3)4)12(6)7-11(13)5;1-8(2)11-6-12(9(3)4)10(5)13(14)7-11;1-8(2)11-6-10(5)13(14)12(7-11)9(3)4;1-9(2)11-6-7-13(14-5)12(8-11)10(3)4;1-9(2)12-6-11(5)7-13(8-12)10(3)4;1-9(2)12-7-6-11(5)13(8-12)10(3)4;1-8(2)10-5-6-12(13)11(7-10)9(3)4;1-7(2)9-5-10(8(3)4)11-6-9;1-6(2)8-5-11-9(10-8)7(3)4/h7-10H,1-6H3;2*6-9H,1-5H3;6-10H,1-5H3;2*6-10H,1-5H3;5-9H,1-4H3;5-8H,1-4H3;5-7H,1-4H3. The smallest absolute Gasteiger partial charge is 0.129 e. The molecule has 2 heterocycles. The van der Waals surface area contributed by atoms with Crippen LogP contribution in [0.3, 0.4) is 0 Å². The highest BCUT2D eigenvalue weighted by atomic mass is 32.1. The second kappa shape index (κ2) is 52.6. The summed E-state index contributed by atoms with van der Waals surface area (Å²) in [7, 11) is 1.73. The first-order chi connectivity index (χ1) is 54.1. The molecule has 9 aromatic rings. The van der Waals surface area contributed by atoms with Crippen molar-refractivity contribution in [3.63, 3.8) is 0 Å². The fourth-order valence-corrected chi connectivity index (χ4v) is 15.3. The summed E-state index contributed by atoms with van der Waals surface area (Å²) in [5, 5.41) is 5.70. The molecule has 0 spiro atoms. The lowest BCUT2D eigenvalue weighted by Crippen LogP contribution is -1.99.